The summed E-state index contributed by atoms with van der Waals surface area (Å²) in [5.41, 5.74) is 10.9. The molecule has 4 aromatic heterocycles. The molecular weight excluding hydrogens is 1290 g/mol. The minimum Gasteiger partial charge on any atom is -0.497 e. The highest BCUT2D eigenvalue weighted by molar-refractivity contribution is 5.31. The van der Waals surface area contributed by atoms with Gasteiger partial charge in [-0.25, -0.2) is 0 Å². The Morgan fingerprint density at radius 1 is 0.427 bits per heavy atom. The van der Waals surface area contributed by atoms with Crippen molar-refractivity contribution < 1.29 is 33.9 Å². The van der Waals surface area contributed by atoms with E-state index >= 15 is 0 Å². The summed E-state index contributed by atoms with van der Waals surface area (Å²) in [4.78, 5) is 9.57. The van der Waals surface area contributed by atoms with Crippen molar-refractivity contribution >= 4 is 0 Å². The number of H-pyrrole nitrogens is 4. The molecule has 1 spiro atoms. The fourth-order valence-corrected chi connectivity index (χ4v) is 16.5. The molecule has 4 heterocycles. The van der Waals surface area contributed by atoms with Gasteiger partial charge in [0.15, 0.2) is 0 Å². The van der Waals surface area contributed by atoms with E-state index in [4.69, 9.17) is 23.7 Å². The van der Waals surface area contributed by atoms with Crippen molar-refractivity contribution in [2.45, 2.75) is 289 Å². The molecule has 6 aromatic rings. The molecule has 6 N–H and O–H groups in total. The number of para-hydroxylation sites is 1. The summed E-state index contributed by atoms with van der Waals surface area (Å²) >= 11 is 0. The highest BCUT2D eigenvalue weighted by Gasteiger charge is 2.45. The minimum atomic E-state index is -0.217. The smallest absolute Gasteiger partial charge is 0.119 e. The molecule has 11 rings (SSSR count). The molecule has 0 radical (unpaired) electrons. The summed E-state index contributed by atoms with van der Waals surface area (Å²) in [5, 5.41) is 51.4. The summed E-state index contributed by atoms with van der Waals surface area (Å²) in [6, 6.07) is 17.6. The first-order valence-corrected chi connectivity index (χ1v) is 40.4. The van der Waals surface area contributed by atoms with Crippen molar-refractivity contribution in [3.05, 3.63) is 124 Å². The van der Waals surface area contributed by atoms with E-state index < -0.39 is 0 Å². The standard InChI is InChI=1S/C24H37N3O3.C23H35N3O2.C20H35N3O.C17H31N3O/c1-4-5-14-27(2)18-20-17-25-26-24(20)19-6-8-22(9-7-19)29-15-16-30-23-12-10-21(28-3)11-13-23;1-3-4-14-26(2)18-20-17-24-25-23(20)19-10-12-22(13-11-19)28-16-15-27-21-8-6-5-7-9-21;1-3-4-12-23(2)15-17-14-21-22-19(17)16-8-9-18(24)20(13-16)10-6-5-7-11-20;1-5-6-9-20(4)12-14-11-18-19-16(14)13-7-8-17(2,3)15(21)10-13/h10-13,17,19,22H,4-9,14-16,18H2,1-3H3,(H,25,26);5-9,17,19,22H,3-4,10-16,18H2,1-2H3,(H,24,25);14,16,18,24H,3-13,15H2,1-2H3,(H,21,22);11,13,15,21H,5-10,12H2,1-4H3,(H,18,19)/t;;16-,18-;/m..0./s1. The second kappa shape index (κ2) is 44.5. The normalized spacial score (nSPS) is 22.5. The van der Waals surface area contributed by atoms with Crippen molar-refractivity contribution in [3.63, 3.8) is 0 Å². The van der Waals surface area contributed by atoms with E-state index in [0.717, 1.165) is 159 Å². The molecule has 2 aromatic carbocycles. The van der Waals surface area contributed by atoms with Gasteiger partial charge < -0.3 is 53.5 Å². The SMILES string of the molecule is CCCCN(C)Cc1cn[nH]c1C1CCC(C)(C)C(O)C1.CCCCN(C)Cc1cn[nH]c1C1CCC(OCCOc2ccc(OC)cc2)CC1.CCCCN(C)Cc1cn[nH]c1C1CCC(OCCOc2ccccc2)CC1.CCCCN(C)Cc1cn[nH]c1[C@H]1CC[C@H](O)C2(CCCCC2)C1. The lowest BCUT2D eigenvalue weighted by Crippen LogP contribution is -2.42. The summed E-state index contributed by atoms with van der Waals surface area (Å²) in [7, 11) is 10.4. The third kappa shape index (κ3) is 27.0. The van der Waals surface area contributed by atoms with Crippen LogP contribution in [-0.2, 0) is 35.7 Å². The van der Waals surface area contributed by atoms with E-state index in [1.54, 1.807) is 7.11 Å². The highest BCUT2D eigenvalue weighted by Crippen LogP contribution is 2.52. The summed E-state index contributed by atoms with van der Waals surface area (Å²) in [5.74, 6) is 4.70. The summed E-state index contributed by atoms with van der Waals surface area (Å²) < 4.78 is 28.8. The molecule has 103 heavy (non-hydrogen) atoms. The maximum absolute atomic E-state index is 10.7. The second-order valence-corrected chi connectivity index (χ2v) is 31.9. The molecule has 5 aliphatic rings. The molecule has 5 saturated carbocycles. The van der Waals surface area contributed by atoms with Crippen molar-refractivity contribution in [1.82, 2.24) is 60.4 Å². The van der Waals surface area contributed by atoms with Crippen molar-refractivity contribution in [1.29, 1.82) is 0 Å². The quantitative estimate of drug-likeness (QED) is 0.0204. The van der Waals surface area contributed by atoms with E-state index in [0.29, 0.717) is 62.3 Å². The first-order valence-electron chi connectivity index (χ1n) is 40.4. The summed E-state index contributed by atoms with van der Waals surface area (Å²) in [6.07, 6.45) is 40.0. The zero-order valence-electron chi connectivity index (χ0n) is 65.7. The van der Waals surface area contributed by atoms with Crippen LogP contribution in [0.5, 0.6) is 17.2 Å². The predicted molar refractivity (Wildman–Crippen MR) is 416 cm³/mol. The molecule has 576 valence electrons. The van der Waals surface area contributed by atoms with Gasteiger partial charge in [-0.3, -0.25) is 20.4 Å². The average molecular weight is 1430 g/mol. The van der Waals surface area contributed by atoms with Gasteiger partial charge in [0.25, 0.3) is 0 Å². The number of hydrogen-bond acceptors (Lipinski definition) is 15. The van der Waals surface area contributed by atoms with Gasteiger partial charge in [-0.2, -0.15) is 20.4 Å². The third-order valence-corrected chi connectivity index (χ3v) is 23.1. The Balaban J connectivity index is 0.000000175. The van der Waals surface area contributed by atoms with Crippen molar-refractivity contribution in [2.75, 3.05) is 87.9 Å². The van der Waals surface area contributed by atoms with Crippen LogP contribution >= 0.6 is 0 Å². The molecule has 0 saturated heterocycles. The number of hydrogen-bond donors (Lipinski definition) is 6. The van der Waals surface area contributed by atoms with Crippen LogP contribution < -0.4 is 14.2 Å². The molecular formula is C84H138N12O7. The monoisotopic (exact) mass is 1430 g/mol. The van der Waals surface area contributed by atoms with Gasteiger partial charge >= 0.3 is 0 Å². The van der Waals surface area contributed by atoms with Crippen molar-refractivity contribution in [2.24, 2.45) is 10.8 Å². The van der Waals surface area contributed by atoms with Crippen LogP contribution in [0.1, 0.15) is 284 Å². The van der Waals surface area contributed by atoms with E-state index in [9.17, 15) is 10.2 Å². The molecule has 0 amide bonds. The van der Waals surface area contributed by atoms with Crippen LogP contribution in [0.25, 0.3) is 0 Å². The van der Waals surface area contributed by atoms with Crippen molar-refractivity contribution in [3.8, 4) is 17.2 Å². The van der Waals surface area contributed by atoms with Gasteiger partial charge in [0, 0.05) is 94.9 Å². The maximum Gasteiger partial charge on any atom is 0.119 e. The number of aromatic nitrogens is 8. The molecule has 2 unspecified atom stereocenters. The number of aliphatic hydroxyl groups is 2. The van der Waals surface area contributed by atoms with Gasteiger partial charge in [-0.1, -0.05) is 105 Å². The van der Waals surface area contributed by atoms with Crippen LogP contribution in [0, 0.1) is 10.8 Å². The lowest BCUT2D eigenvalue weighted by Gasteiger charge is -2.47. The van der Waals surface area contributed by atoms with Gasteiger partial charge in [-0.05, 0) is 230 Å². The van der Waals surface area contributed by atoms with E-state index in [1.165, 1.54) is 129 Å². The molecule has 19 heteroatoms. The van der Waals surface area contributed by atoms with Gasteiger partial charge in [0.1, 0.15) is 30.5 Å². The average Bonchev–Trinajstić information content (AvgIpc) is 1.68. The number of aromatic amines is 4. The first kappa shape index (κ1) is 83.0. The Bertz CT molecular complexity index is 3160. The molecule has 4 atom stereocenters. The van der Waals surface area contributed by atoms with Crippen LogP contribution in [0.2, 0.25) is 0 Å². The largest absolute Gasteiger partial charge is 0.497 e. The van der Waals surface area contributed by atoms with Gasteiger partial charge in [-0.15, -0.1) is 0 Å². The number of rotatable bonds is 35. The number of nitrogens with one attached hydrogen (secondary N) is 4. The minimum absolute atomic E-state index is 0.0502. The lowest BCUT2D eigenvalue weighted by atomic mass is 9.60. The second-order valence-electron chi connectivity index (χ2n) is 31.9. The Labute approximate surface area is 620 Å². The fourth-order valence-electron chi connectivity index (χ4n) is 16.5. The van der Waals surface area contributed by atoms with Crippen LogP contribution in [0.4, 0.5) is 0 Å². The zero-order valence-corrected chi connectivity index (χ0v) is 65.7. The Kier molecular flexibility index (Phi) is 35.8. The van der Waals surface area contributed by atoms with Gasteiger partial charge in [0.2, 0.25) is 0 Å². The number of nitrogens with zero attached hydrogens (tertiary/aromatic N) is 8. The zero-order chi connectivity index (χ0) is 73.2. The molecule has 5 aliphatic carbocycles. The number of benzene rings is 2. The molecule has 19 nitrogen and oxygen atoms in total. The number of methoxy groups -OCH3 is 1. The number of unbranched alkanes of at least 4 members (excludes halogenated alkanes) is 4. The number of ether oxygens (including phenoxy) is 5. The molecule has 5 fully saturated rings. The van der Waals surface area contributed by atoms with Crippen LogP contribution in [0.15, 0.2) is 79.4 Å². The fraction of sp³-hybridized carbons (Fsp3) is 0.714. The Morgan fingerprint density at radius 3 is 1.20 bits per heavy atom. The van der Waals surface area contributed by atoms with Crippen LogP contribution in [-0.4, -0.2) is 183 Å². The Hall–Kier alpha value is -5.64. The van der Waals surface area contributed by atoms with E-state index in [-0.39, 0.29) is 23.0 Å². The maximum atomic E-state index is 10.7. The molecule has 0 aliphatic heterocycles. The summed E-state index contributed by atoms with van der Waals surface area (Å²) in [6.45, 7) is 24.2. The van der Waals surface area contributed by atoms with E-state index in [1.807, 2.05) is 79.4 Å². The highest BCUT2D eigenvalue weighted by atomic mass is 16.5. The topological polar surface area (TPSA) is 214 Å². The third-order valence-electron chi connectivity index (χ3n) is 23.1. The van der Waals surface area contributed by atoms with Gasteiger partial charge in [0.05, 0.1) is 69.5 Å². The predicted octanol–water partition coefficient (Wildman–Crippen LogP) is 17.1. The molecule has 0 bridgehead atoms. The van der Waals surface area contributed by atoms with Crippen LogP contribution in [0.3, 0.4) is 0 Å². The lowest BCUT2D eigenvalue weighted by molar-refractivity contribution is -0.0438. The first-order chi connectivity index (χ1) is 50.0. The van der Waals surface area contributed by atoms with E-state index in [2.05, 4.69) is 130 Å². The Morgan fingerprint density at radius 2 is 0.806 bits per heavy atom. The number of aliphatic hydroxyl groups excluding tert-OH is 2.